The van der Waals surface area contributed by atoms with Crippen molar-refractivity contribution in [1.29, 1.82) is 5.26 Å². The quantitative estimate of drug-likeness (QED) is 0.719. The fourth-order valence-electron chi connectivity index (χ4n) is 2.23. The molecule has 4 nitrogen and oxygen atoms in total. The summed E-state index contributed by atoms with van der Waals surface area (Å²) in [5, 5.41) is 10.7. The lowest BCUT2D eigenvalue weighted by Crippen LogP contribution is -2.30. The van der Waals surface area contributed by atoms with Crippen LogP contribution in [0.15, 0.2) is 30.3 Å². The van der Waals surface area contributed by atoms with Crippen molar-refractivity contribution in [3.05, 3.63) is 35.9 Å². The van der Waals surface area contributed by atoms with Crippen molar-refractivity contribution < 1.29 is 4.74 Å². The van der Waals surface area contributed by atoms with Crippen molar-refractivity contribution in [2.24, 2.45) is 0 Å². The highest BCUT2D eigenvalue weighted by Gasteiger charge is 2.13. The van der Waals surface area contributed by atoms with Gasteiger partial charge in [0.1, 0.15) is 5.82 Å². The molecule has 0 aliphatic rings. The number of benzene rings is 1. The number of nitrogens with zero attached hydrogens (tertiary/aromatic N) is 3. The molecule has 0 fully saturated rings. The molecular weight excluding hydrogens is 330 g/mol. The first kappa shape index (κ1) is 15.7. The molecule has 0 unspecified atom stereocenters. The van der Waals surface area contributed by atoms with E-state index < -0.39 is 0 Å². The van der Waals surface area contributed by atoms with Gasteiger partial charge in [-0.25, -0.2) is 4.98 Å². The van der Waals surface area contributed by atoms with Crippen molar-refractivity contribution in [2.45, 2.75) is 11.8 Å². The molecule has 0 saturated carbocycles. The molecule has 1 aromatic heterocycles. The lowest BCUT2D eigenvalue weighted by Gasteiger charge is -2.25. The maximum Gasteiger partial charge on any atom is 0.133 e. The summed E-state index contributed by atoms with van der Waals surface area (Å²) in [5.74, 6) is 0.929. The Kier molecular flexibility index (Phi) is 5.97. The first-order valence-corrected chi connectivity index (χ1v) is 7.97. The van der Waals surface area contributed by atoms with E-state index in [0.717, 1.165) is 34.2 Å². The number of para-hydroxylation sites is 1. The van der Waals surface area contributed by atoms with Crippen LogP contribution in [0.2, 0.25) is 0 Å². The second-order valence-electron chi connectivity index (χ2n) is 4.69. The maximum absolute atomic E-state index is 8.85. The SMILES string of the molecule is COCCN(CCC#N)c1nc2ccccc2cc1CBr. The van der Waals surface area contributed by atoms with Crippen LogP contribution in [0.4, 0.5) is 5.82 Å². The first-order chi connectivity index (χ1) is 10.3. The Hall–Kier alpha value is -1.64. The minimum Gasteiger partial charge on any atom is -0.383 e. The van der Waals surface area contributed by atoms with E-state index in [1.165, 1.54) is 0 Å². The van der Waals surface area contributed by atoms with Gasteiger partial charge in [-0.2, -0.15) is 5.26 Å². The highest BCUT2D eigenvalue weighted by Crippen LogP contribution is 2.25. The summed E-state index contributed by atoms with van der Waals surface area (Å²) in [6.45, 7) is 2.00. The summed E-state index contributed by atoms with van der Waals surface area (Å²) < 4.78 is 5.17. The summed E-state index contributed by atoms with van der Waals surface area (Å²) in [7, 11) is 1.68. The fraction of sp³-hybridized carbons (Fsp3) is 0.375. The molecule has 0 aliphatic heterocycles. The van der Waals surface area contributed by atoms with Crippen LogP contribution in [0.25, 0.3) is 10.9 Å². The van der Waals surface area contributed by atoms with E-state index in [2.05, 4.69) is 39.0 Å². The molecule has 0 N–H and O–H groups in total. The van der Waals surface area contributed by atoms with E-state index in [-0.39, 0.29) is 0 Å². The molecule has 0 atom stereocenters. The van der Waals surface area contributed by atoms with Crippen LogP contribution in [-0.4, -0.2) is 31.8 Å². The topological polar surface area (TPSA) is 49.1 Å². The smallest absolute Gasteiger partial charge is 0.133 e. The predicted octanol–water partition coefficient (Wildman–Crippen LogP) is 3.50. The van der Waals surface area contributed by atoms with Gasteiger partial charge in [0.15, 0.2) is 0 Å². The molecule has 110 valence electrons. The van der Waals surface area contributed by atoms with Gasteiger partial charge in [0.25, 0.3) is 0 Å². The van der Waals surface area contributed by atoms with Crippen LogP contribution in [0.5, 0.6) is 0 Å². The van der Waals surface area contributed by atoms with Crippen LogP contribution >= 0.6 is 15.9 Å². The minimum absolute atomic E-state index is 0.472. The minimum atomic E-state index is 0.472. The number of fused-ring (bicyclic) bond motifs is 1. The normalized spacial score (nSPS) is 10.5. The zero-order valence-corrected chi connectivity index (χ0v) is 13.6. The monoisotopic (exact) mass is 347 g/mol. The van der Waals surface area contributed by atoms with Gasteiger partial charge in [-0.3, -0.25) is 0 Å². The Balaban J connectivity index is 2.41. The van der Waals surface area contributed by atoms with Gasteiger partial charge in [-0.15, -0.1) is 0 Å². The maximum atomic E-state index is 8.85. The van der Waals surface area contributed by atoms with E-state index in [1.54, 1.807) is 7.11 Å². The summed E-state index contributed by atoms with van der Waals surface area (Å²) in [6.07, 6.45) is 0.472. The number of rotatable bonds is 7. The number of anilines is 1. The Morgan fingerprint density at radius 3 is 2.86 bits per heavy atom. The lowest BCUT2D eigenvalue weighted by atomic mass is 10.1. The van der Waals surface area contributed by atoms with Gasteiger partial charge in [0.05, 0.1) is 24.6 Å². The van der Waals surface area contributed by atoms with Crippen molar-refractivity contribution in [3.8, 4) is 6.07 Å². The molecule has 0 saturated heterocycles. The summed E-state index contributed by atoms with van der Waals surface area (Å²) in [4.78, 5) is 6.90. The van der Waals surface area contributed by atoms with Crippen LogP contribution in [0, 0.1) is 11.3 Å². The van der Waals surface area contributed by atoms with Gasteiger partial charge in [-0.05, 0) is 12.1 Å². The number of pyridine rings is 1. The molecule has 0 aliphatic carbocycles. The van der Waals surface area contributed by atoms with Gasteiger partial charge in [0, 0.05) is 36.5 Å². The molecule has 0 amide bonds. The number of alkyl halides is 1. The summed E-state index contributed by atoms with van der Waals surface area (Å²) >= 11 is 3.54. The van der Waals surface area contributed by atoms with Gasteiger partial charge >= 0.3 is 0 Å². The van der Waals surface area contributed by atoms with Crippen molar-refractivity contribution in [3.63, 3.8) is 0 Å². The summed E-state index contributed by atoms with van der Waals surface area (Å²) in [6, 6.07) is 12.4. The number of methoxy groups -OCH3 is 1. The standard InChI is InChI=1S/C16H18BrN3O/c1-21-10-9-20(8-4-7-18)16-14(12-17)11-13-5-2-3-6-15(13)19-16/h2-3,5-6,11H,4,8-10,12H2,1H3. The molecule has 1 aromatic carbocycles. The average molecular weight is 348 g/mol. The number of aromatic nitrogens is 1. The van der Waals surface area contributed by atoms with Gasteiger partial charge in [-0.1, -0.05) is 34.1 Å². The van der Waals surface area contributed by atoms with Crippen molar-refractivity contribution >= 4 is 32.7 Å². The van der Waals surface area contributed by atoms with E-state index in [1.807, 2.05) is 18.2 Å². The molecule has 21 heavy (non-hydrogen) atoms. The molecular formula is C16H18BrN3O. The number of ether oxygens (including phenoxy) is 1. The largest absolute Gasteiger partial charge is 0.383 e. The number of hydrogen-bond donors (Lipinski definition) is 0. The molecule has 0 radical (unpaired) electrons. The Bertz CT molecular complexity index is 639. The molecule has 5 heteroatoms. The molecule has 2 aromatic rings. The second kappa shape index (κ2) is 7.96. The third kappa shape index (κ3) is 3.93. The second-order valence-corrected chi connectivity index (χ2v) is 5.25. The average Bonchev–Trinajstić information content (AvgIpc) is 2.54. The van der Waals surface area contributed by atoms with Crippen molar-refractivity contribution in [1.82, 2.24) is 4.98 Å². The Morgan fingerprint density at radius 2 is 2.14 bits per heavy atom. The van der Waals surface area contributed by atoms with E-state index in [0.29, 0.717) is 19.6 Å². The number of nitriles is 1. The fourth-order valence-corrected chi connectivity index (χ4v) is 2.64. The lowest BCUT2D eigenvalue weighted by molar-refractivity contribution is 0.205. The molecule has 2 rings (SSSR count). The van der Waals surface area contributed by atoms with E-state index >= 15 is 0 Å². The molecule has 0 spiro atoms. The highest BCUT2D eigenvalue weighted by atomic mass is 79.9. The number of hydrogen-bond acceptors (Lipinski definition) is 4. The zero-order valence-electron chi connectivity index (χ0n) is 12.1. The predicted molar refractivity (Wildman–Crippen MR) is 88.7 cm³/mol. The van der Waals surface area contributed by atoms with Crippen LogP contribution in [-0.2, 0) is 10.1 Å². The van der Waals surface area contributed by atoms with Crippen LogP contribution in [0.3, 0.4) is 0 Å². The van der Waals surface area contributed by atoms with Crippen molar-refractivity contribution in [2.75, 3.05) is 31.7 Å². The van der Waals surface area contributed by atoms with Crippen LogP contribution in [0.1, 0.15) is 12.0 Å². The van der Waals surface area contributed by atoms with Crippen LogP contribution < -0.4 is 4.90 Å². The highest BCUT2D eigenvalue weighted by molar-refractivity contribution is 9.08. The molecule has 1 heterocycles. The Labute approximate surface area is 133 Å². The summed E-state index contributed by atoms with van der Waals surface area (Å²) in [5.41, 5.74) is 2.10. The number of halogens is 1. The van der Waals surface area contributed by atoms with E-state index in [9.17, 15) is 0 Å². The van der Waals surface area contributed by atoms with Gasteiger partial charge < -0.3 is 9.64 Å². The van der Waals surface area contributed by atoms with Gasteiger partial charge in [0.2, 0.25) is 0 Å². The molecule has 0 bridgehead atoms. The Morgan fingerprint density at radius 1 is 1.33 bits per heavy atom. The third-order valence-corrected chi connectivity index (χ3v) is 3.89. The first-order valence-electron chi connectivity index (χ1n) is 6.85. The zero-order chi connectivity index (χ0) is 15.1. The third-order valence-electron chi connectivity index (χ3n) is 3.28. The van der Waals surface area contributed by atoms with E-state index in [4.69, 9.17) is 15.0 Å².